The van der Waals surface area contributed by atoms with E-state index < -0.39 is 0 Å². The first-order chi connectivity index (χ1) is 13.3. The quantitative estimate of drug-likeness (QED) is 0.460. The Morgan fingerprint density at radius 2 is 1.96 bits per heavy atom. The minimum Gasteiger partial charge on any atom is -0.353 e. The van der Waals surface area contributed by atoms with Crippen LogP contribution in [-0.2, 0) is 4.79 Å². The molecule has 28 heavy (non-hydrogen) atoms. The van der Waals surface area contributed by atoms with Gasteiger partial charge in [-0.15, -0.1) is 11.3 Å². The van der Waals surface area contributed by atoms with Gasteiger partial charge in [0, 0.05) is 16.5 Å². The number of nitrogens with zero attached hydrogens (tertiary/aromatic N) is 1. The molecule has 8 heteroatoms. The Bertz CT molecular complexity index is 1060. The number of amides is 1. The van der Waals surface area contributed by atoms with Gasteiger partial charge in [0.15, 0.2) is 5.16 Å². The van der Waals surface area contributed by atoms with Crippen LogP contribution in [0.2, 0.25) is 0 Å². The number of hydrogen-bond acceptors (Lipinski definition) is 5. The van der Waals surface area contributed by atoms with Gasteiger partial charge in [-0.2, -0.15) is 0 Å². The van der Waals surface area contributed by atoms with Crippen molar-refractivity contribution in [2.45, 2.75) is 38.9 Å². The number of carbonyl (C=O) groups excluding carboxylic acids is 1. The van der Waals surface area contributed by atoms with Crippen LogP contribution in [-0.4, -0.2) is 27.7 Å². The summed E-state index contributed by atoms with van der Waals surface area (Å²) in [4.78, 5) is 33.6. The lowest BCUT2D eigenvalue weighted by Gasteiger charge is -2.16. The molecular formula is C20H22FN3O2S2. The monoisotopic (exact) mass is 419 g/mol. The Morgan fingerprint density at radius 1 is 1.29 bits per heavy atom. The summed E-state index contributed by atoms with van der Waals surface area (Å²) in [6.45, 7) is 7.97. The third-order valence-corrected chi connectivity index (χ3v) is 6.45. The van der Waals surface area contributed by atoms with Gasteiger partial charge >= 0.3 is 0 Å². The number of H-pyrrole nitrogens is 1. The zero-order valence-corrected chi connectivity index (χ0v) is 17.8. The summed E-state index contributed by atoms with van der Waals surface area (Å²) < 4.78 is 13.2. The smallest absolute Gasteiger partial charge is 0.260 e. The molecule has 0 radical (unpaired) electrons. The molecule has 2 N–H and O–H groups in total. The molecule has 0 saturated heterocycles. The van der Waals surface area contributed by atoms with Gasteiger partial charge < -0.3 is 10.3 Å². The van der Waals surface area contributed by atoms with E-state index in [1.807, 2.05) is 27.7 Å². The van der Waals surface area contributed by atoms with Crippen LogP contribution in [0.4, 0.5) is 4.39 Å². The number of rotatable bonds is 6. The Hall–Kier alpha value is -2.19. The SMILES string of the molecule is Cc1sc2nc(SCC(=O)N[C@H](C)C(C)C)[nH]c(=O)c2c1-c1ccc(F)cc1. The molecule has 0 bridgehead atoms. The Morgan fingerprint density at radius 3 is 2.61 bits per heavy atom. The third-order valence-electron chi connectivity index (χ3n) is 4.58. The number of aromatic amines is 1. The van der Waals surface area contributed by atoms with Gasteiger partial charge in [0.2, 0.25) is 5.91 Å². The lowest BCUT2D eigenvalue weighted by Crippen LogP contribution is -2.37. The van der Waals surface area contributed by atoms with Gasteiger partial charge in [0.1, 0.15) is 10.6 Å². The first-order valence-corrected chi connectivity index (χ1v) is 10.8. The first-order valence-electron chi connectivity index (χ1n) is 8.97. The Kier molecular flexibility index (Phi) is 6.20. The number of hydrogen-bond donors (Lipinski definition) is 2. The number of nitrogens with one attached hydrogen (secondary N) is 2. The highest BCUT2D eigenvalue weighted by molar-refractivity contribution is 7.99. The molecule has 2 heterocycles. The molecule has 2 aromatic heterocycles. The number of carbonyl (C=O) groups is 1. The third kappa shape index (κ3) is 4.44. The number of thiophene rings is 1. The second kappa shape index (κ2) is 8.45. The standard InChI is InChI=1S/C20H22FN3O2S2/c1-10(2)11(3)22-15(25)9-27-20-23-18(26)17-16(12(4)28-19(17)24-20)13-5-7-14(21)8-6-13/h5-8,10-11H,9H2,1-4H3,(H,22,25)(H,23,24,26)/t11-/m1/s1. The molecule has 0 saturated carbocycles. The summed E-state index contributed by atoms with van der Waals surface area (Å²) >= 11 is 2.62. The fraction of sp³-hybridized carbons (Fsp3) is 0.350. The molecular weight excluding hydrogens is 397 g/mol. The van der Waals surface area contributed by atoms with E-state index in [1.165, 1.54) is 35.2 Å². The highest BCUT2D eigenvalue weighted by atomic mass is 32.2. The van der Waals surface area contributed by atoms with E-state index in [9.17, 15) is 14.0 Å². The Balaban J connectivity index is 1.85. The summed E-state index contributed by atoms with van der Waals surface area (Å²) in [5, 5.41) is 3.84. The van der Waals surface area contributed by atoms with E-state index in [0.717, 1.165) is 16.0 Å². The molecule has 1 aromatic carbocycles. The van der Waals surface area contributed by atoms with Crippen molar-refractivity contribution < 1.29 is 9.18 Å². The lowest BCUT2D eigenvalue weighted by molar-refractivity contribution is -0.119. The zero-order valence-electron chi connectivity index (χ0n) is 16.1. The highest BCUT2D eigenvalue weighted by Gasteiger charge is 2.18. The molecule has 3 aromatic rings. The molecule has 0 aliphatic heterocycles. The van der Waals surface area contributed by atoms with E-state index >= 15 is 0 Å². The number of aryl methyl sites for hydroxylation is 1. The van der Waals surface area contributed by atoms with Gasteiger partial charge in [0.05, 0.1) is 11.1 Å². The van der Waals surface area contributed by atoms with Crippen LogP contribution in [0, 0.1) is 18.7 Å². The van der Waals surface area contributed by atoms with E-state index in [4.69, 9.17) is 0 Å². The molecule has 0 fully saturated rings. The van der Waals surface area contributed by atoms with E-state index in [2.05, 4.69) is 15.3 Å². The van der Waals surface area contributed by atoms with Crippen LogP contribution in [0.5, 0.6) is 0 Å². The minimum absolute atomic E-state index is 0.0841. The lowest BCUT2D eigenvalue weighted by atomic mass is 10.0. The van der Waals surface area contributed by atoms with Crippen LogP contribution in [0.1, 0.15) is 25.6 Å². The Labute approximate surface area is 170 Å². The second-order valence-electron chi connectivity index (χ2n) is 6.98. The first kappa shape index (κ1) is 20.5. The summed E-state index contributed by atoms with van der Waals surface area (Å²) in [5.41, 5.74) is 1.29. The average Bonchev–Trinajstić information content (AvgIpc) is 2.97. The number of fused-ring (bicyclic) bond motifs is 1. The topological polar surface area (TPSA) is 74.8 Å². The predicted molar refractivity (Wildman–Crippen MR) is 114 cm³/mol. The molecule has 148 valence electrons. The number of thioether (sulfide) groups is 1. The van der Waals surface area contributed by atoms with Crippen molar-refractivity contribution in [2.24, 2.45) is 5.92 Å². The minimum atomic E-state index is -0.322. The van der Waals surface area contributed by atoms with Crippen LogP contribution >= 0.6 is 23.1 Å². The van der Waals surface area contributed by atoms with E-state index in [0.29, 0.717) is 21.3 Å². The maximum absolute atomic E-state index is 13.2. The predicted octanol–water partition coefficient (Wildman–Crippen LogP) is 4.35. The molecule has 0 unspecified atom stereocenters. The van der Waals surface area contributed by atoms with Crippen molar-refractivity contribution in [3.05, 3.63) is 45.3 Å². The van der Waals surface area contributed by atoms with Crippen molar-refractivity contribution in [3.63, 3.8) is 0 Å². The molecule has 3 rings (SSSR count). The average molecular weight is 420 g/mol. The van der Waals surface area contributed by atoms with Crippen LogP contribution < -0.4 is 10.9 Å². The summed E-state index contributed by atoms with van der Waals surface area (Å²) in [6, 6.07) is 6.15. The van der Waals surface area contributed by atoms with Gasteiger partial charge in [-0.05, 0) is 37.5 Å². The highest BCUT2D eigenvalue weighted by Crippen LogP contribution is 2.36. The van der Waals surface area contributed by atoms with Crippen molar-refractivity contribution in [3.8, 4) is 11.1 Å². The molecule has 5 nitrogen and oxygen atoms in total. The van der Waals surface area contributed by atoms with Crippen LogP contribution in [0.25, 0.3) is 21.3 Å². The largest absolute Gasteiger partial charge is 0.353 e. The van der Waals surface area contributed by atoms with Crippen molar-refractivity contribution in [1.29, 1.82) is 0 Å². The molecule has 1 atom stereocenters. The molecule has 1 amide bonds. The van der Waals surface area contributed by atoms with Gasteiger partial charge in [-0.25, -0.2) is 9.37 Å². The maximum atomic E-state index is 13.2. The molecule has 0 aliphatic rings. The normalized spacial score (nSPS) is 12.5. The van der Waals surface area contributed by atoms with Crippen molar-refractivity contribution in [2.75, 3.05) is 5.75 Å². The summed E-state index contributed by atoms with van der Waals surface area (Å²) in [6.07, 6.45) is 0. The van der Waals surface area contributed by atoms with Crippen LogP contribution in [0.3, 0.4) is 0 Å². The van der Waals surface area contributed by atoms with E-state index in [-0.39, 0.29) is 29.1 Å². The van der Waals surface area contributed by atoms with E-state index in [1.54, 1.807) is 12.1 Å². The summed E-state index contributed by atoms with van der Waals surface area (Å²) in [7, 11) is 0. The van der Waals surface area contributed by atoms with Gasteiger partial charge in [-0.3, -0.25) is 9.59 Å². The van der Waals surface area contributed by atoms with Gasteiger partial charge in [-0.1, -0.05) is 37.7 Å². The zero-order chi connectivity index (χ0) is 20.4. The fourth-order valence-corrected chi connectivity index (χ4v) is 4.50. The fourth-order valence-electron chi connectivity index (χ4n) is 2.73. The summed E-state index contributed by atoms with van der Waals surface area (Å²) in [5.74, 6) is 0.114. The van der Waals surface area contributed by atoms with Crippen molar-refractivity contribution >= 4 is 39.2 Å². The molecule has 0 spiro atoms. The van der Waals surface area contributed by atoms with Crippen LogP contribution in [0.15, 0.2) is 34.2 Å². The second-order valence-corrected chi connectivity index (χ2v) is 9.15. The molecule has 0 aliphatic carbocycles. The number of halogens is 1. The number of benzene rings is 1. The van der Waals surface area contributed by atoms with Gasteiger partial charge in [0.25, 0.3) is 5.56 Å². The number of aromatic nitrogens is 2. The van der Waals surface area contributed by atoms with Crippen molar-refractivity contribution in [1.82, 2.24) is 15.3 Å². The maximum Gasteiger partial charge on any atom is 0.260 e.